The zero-order valence-electron chi connectivity index (χ0n) is 27.3. The molecule has 0 N–H and O–H groups in total. The average molecular weight is 624 g/mol. The maximum absolute atomic E-state index is 7.79. The van der Waals surface area contributed by atoms with Crippen molar-refractivity contribution >= 4 is 43.5 Å². The van der Waals surface area contributed by atoms with Crippen molar-refractivity contribution in [3.63, 3.8) is 0 Å². The van der Waals surface area contributed by atoms with Gasteiger partial charge in [0.15, 0.2) is 6.10 Å². The van der Waals surface area contributed by atoms with Gasteiger partial charge in [0.1, 0.15) is 5.76 Å². The summed E-state index contributed by atoms with van der Waals surface area (Å²) in [4.78, 5) is 0. The molecular formula is C41H43O2Si2. The van der Waals surface area contributed by atoms with E-state index in [1.807, 2.05) is 0 Å². The fraction of sp³-hybridized carbons (Fsp3) is 0.195. The molecule has 0 aliphatic heterocycles. The Morgan fingerprint density at radius 1 is 0.400 bits per heavy atom. The first-order valence-electron chi connectivity index (χ1n) is 15.9. The van der Waals surface area contributed by atoms with Gasteiger partial charge in [0.2, 0.25) is 0 Å². The Morgan fingerprint density at radius 2 is 0.733 bits per heavy atom. The van der Waals surface area contributed by atoms with E-state index in [-0.39, 0.29) is 10.1 Å². The lowest BCUT2D eigenvalue weighted by Crippen LogP contribution is -2.68. The van der Waals surface area contributed by atoms with Gasteiger partial charge in [0.05, 0.1) is 0 Å². The lowest BCUT2D eigenvalue weighted by atomic mass is 10.1. The van der Waals surface area contributed by atoms with Crippen LogP contribution in [0.1, 0.15) is 52.7 Å². The van der Waals surface area contributed by atoms with Gasteiger partial charge in [-0.25, -0.2) is 0 Å². The first-order chi connectivity index (χ1) is 21.6. The van der Waals surface area contributed by atoms with Crippen LogP contribution in [0.3, 0.4) is 0 Å². The molecule has 5 aromatic rings. The number of hydrogen-bond acceptors (Lipinski definition) is 2. The molecule has 0 unspecified atom stereocenters. The van der Waals surface area contributed by atoms with Gasteiger partial charge in [0.25, 0.3) is 8.32 Å². The molecule has 1 radical (unpaired) electrons. The minimum absolute atomic E-state index is 0.187. The fourth-order valence-corrected chi connectivity index (χ4v) is 15.8. The minimum atomic E-state index is -2.95. The predicted molar refractivity (Wildman–Crippen MR) is 194 cm³/mol. The van der Waals surface area contributed by atoms with Crippen molar-refractivity contribution in [2.75, 3.05) is 0 Å². The largest absolute Gasteiger partial charge is 0.534 e. The maximum atomic E-state index is 7.79. The van der Waals surface area contributed by atoms with E-state index in [4.69, 9.17) is 8.85 Å². The first kappa shape index (κ1) is 31.0. The lowest BCUT2D eigenvalue weighted by molar-refractivity contribution is 0.284. The minimum Gasteiger partial charge on any atom is -0.534 e. The Bertz CT molecular complexity index is 1670. The molecule has 1 aliphatic carbocycles. The van der Waals surface area contributed by atoms with Crippen molar-refractivity contribution in [1.29, 1.82) is 0 Å². The van der Waals surface area contributed by atoms with Gasteiger partial charge in [-0.05, 0) is 42.5 Å². The second-order valence-electron chi connectivity index (χ2n) is 14.0. The van der Waals surface area contributed by atoms with Crippen LogP contribution in [0.2, 0.25) is 10.1 Å². The Labute approximate surface area is 271 Å². The Morgan fingerprint density at radius 3 is 1.11 bits per heavy atom. The van der Waals surface area contributed by atoms with Gasteiger partial charge in [-0.1, -0.05) is 187 Å². The molecule has 227 valence electrons. The summed E-state index contributed by atoms with van der Waals surface area (Å²) in [5.74, 6) is 0.818. The molecule has 0 atom stereocenters. The van der Waals surface area contributed by atoms with Crippen LogP contribution in [0.25, 0.3) is 6.08 Å². The van der Waals surface area contributed by atoms with Crippen molar-refractivity contribution in [1.82, 2.24) is 0 Å². The first-order valence-corrected chi connectivity index (χ1v) is 19.7. The molecule has 5 aromatic carbocycles. The van der Waals surface area contributed by atoms with Crippen molar-refractivity contribution in [2.24, 2.45) is 0 Å². The van der Waals surface area contributed by atoms with Crippen LogP contribution < -0.4 is 20.7 Å². The summed E-state index contributed by atoms with van der Waals surface area (Å²) in [6, 6.07) is 52.0. The van der Waals surface area contributed by atoms with E-state index >= 15 is 0 Å². The number of rotatable bonds is 8. The van der Waals surface area contributed by atoms with Crippen LogP contribution in [-0.4, -0.2) is 16.6 Å². The van der Waals surface area contributed by atoms with Crippen molar-refractivity contribution in [3.05, 3.63) is 169 Å². The van der Waals surface area contributed by atoms with Gasteiger partial charge >= 0.3 is 8.32 Å². The Hall–Kier alpha value is -3.97. The molecule has 45 heavy (non-hydrogen) atoms. The zero-order chi connectivity index (χ0) is 31.7. The maximum Gasteiger partial charge on any atom is 0.319 e. The molecule has 4 heteroatoms. The number of hydrogen-bond donors (Lipinski definition) is 0. The van der Waals surface area contributed by atoms with Crippen molar-refractivity contribution in [2.45, 2.75) is 51.6 Å². The van der Waals surface area contributed by atoms with E-state index in [0.717, 1.165) is 23.0 Å². The molecule has 0 aromatic heterocycles. The summed E-state index contributed by atoms with van der Waals surface area (Å²) in [5, 5.41) is 4.59. The lowest BCUT2D eigenvalue weighted by Gasteiger charge is -2.47. The standard InChI is InChI=1S/C41H43O2Si2/c1-40(2,3)44(33-22-11-7-12-23-33,34-24-13-8-14-25-34)42-38-31-32-21-19-20-30-37(32)39(38)43-45(41(4,5)6,35-26-15-9-16-27-35)36-28-17-10-18-29-36/h7-31H,1-6H3. The van der Waals surface area contributed by atoms with Gasteiger partial charge in [-0.15, -0.1) is 0 Å². The molecule has 1 aliphatic rings. The van der Waals surface area contributed by atoms with Gasteiger partial charge in [0, 0.05) is 5.56 Å². The van der Waals surface area contributed by atoms with E-state index in [1.165, 1.54) is 20.7 Å². The van der Waals surface area contributed by atoms with Crippen LogP contribution in [0.4, 0.5) is 0 Å². The van der Waals surface area contributed by atoms with E-state index < -0.39 is 16.6 Å². The molecule has 0 bridgehead atoms. The normalized spacial score (nSPS) is 14.1. The van der Waals surface area contributed by atoms with Crippen LogP contribution in [0.15, 0.2) is 151 Å². The second-order valence-corrected chi connectivity index (χ2v) is 22.4. The molecule has 0 fully saturated rings. The molecule has 0 saturated carbocycles. The van der Waals surface area contributed by atoms with E-state index in [1.54, 1.807) is 0 Å². The molecule has 0 spiro atoms. The Balaban J connectivity index is 1.58. The van der Waals surface area contributed by atoms with E-state index in [2.05, 4.69) is 193 Å². The van der Waals surface area contributed by atoms with Gasteiger partial charge < -0.3 is 8.85 Å². The molecule has 2 nitrogen and oxygen atoms in total. The summed E-state index contributed by atoms with van der Waals surface area (Å²) >= 11 is 0. The van der Waals surface area contributed by atoms with Gasteiger partial charge in [-0.3, -0.25) is 0 Å². The SMILES string of the molecule is CC(C)(C)[Si](O[C]1C(O[Si](c2ccccc2)(c2ccccc2)C(C)(C)C)=Cc2ccccc21)(c1ccccc1)c1ccccc1. The molecular weight excluding hydrogens is 581 g/mol. The van der Waals surface area contributed by atoms with Crippen LogP contribution in [0, 0.1) is 6.10 Å². The van der Waals surface area contributed by atoms with Crippen LogP contribution in [0.5, 0.6) is 0 Å². The quantitative estimate of drug-likeness (QED) is 0.163. The van der Waals surface area contributed by atoms with Crippen LogP contribution >= 0.6 is 0 Å². The summed E-state index contributed by atoms with van der Waals surface area (Å²) in [6.45, 7) is 14.0. The van der Waals surface area contributed by atoms with Crippen molar-refractivity contribution in [3.8, 4) is 0 Å². The molecule has 0 saturated heterocycles. The predicted octanol–water partition coefficient (Wildman–Crippen LogP) is 8.07. The highest BCUT2D eigenvalue weighted by Gasteiger charge is 2.56. The van der Waals surface area contributed by atoms with Gasteiger partial charge in [-0.2, -0.15) is 0 Å². The van der Waals surface area contributed by atoms with Crippen LogP contribution in [-0.2, 0) is 8.85 Å². The summed E-state index contributed by atoms with van der Waals surface area (Å²) in [5.41, 5.74) is 2.21. The third-order valence-corrected chi connectivity index (χ3v) is 18.9. The summed E-state index contributed by atoms with van der Waals surface area (Å²) in [7, 11) is -5.88. The smallest absolute Gasteiger partial charge is 0.319 e. The summed E-state index contributed by atoms with van der Waals surface area (Å²) in [6.07, 6.45) is 3.05. The molecule has 6 rings (SSSR count). The highest BCUT2D eigenvalue weighted by atomic mass is 28.4. The topological polar surface area (TPSA) is 18.5 Å². The number of fused-ring (bicyclic) bond motifs is 1. The number of benzene rings is 5. The highest BCUT2D eigenvalue weighted by molar-refractivity contribution is 7.00. The molecule has 0 amide bonds. The monoisotopic (exact) mass is 623 g/mol. The fourth-order valence-electron chi connectivity index (χ4n) is 6.97. The van der Waals surface area contributed by atoms with Crippen molar-refractivity contribution < 1.29 is 8.85 Å². The average Bonchev–Trinajstić information content (AvgIpc) is 3.39. The highest BCUT2D eigenvalue weighted by Crippen LogP contribution is 2.47. The third-order valence-electron chi connectivity index (χ3n) is 9.07. The Kier molecular flexibility index (Phi) is 8.34. The van der Waals surface area contributed by atoms with E-state index in [9.17, 15) is 0 Å². The molecule has 0 heterocycles. The van der Waals surface area contributed by atoms with E-state index in [0.29, 0.717) is 0 Å². The second kappa shape index (κ2) is 12.1. The zero-order valence-corrected chi connectivity index (χ0v) is 29.3. The third kappa shape index (κ3) is 5.46. The summed E-state index contributed by atoms with van der Waals surface area (Å²) < 4.78 is 15.5.